The molecule has 1 nitrogen and oxygen atoms in total. The van der Waals surface area contributed by atoms with Gasteiger partial charge in [0.1, 0.15) is 0 Å². The minimum atomic E-state index is 0.446. The summed E-state index contributed by atoms with van der Waals surface area (Å²) in [6.07, 6.45) is 3.75. The Bertz CT molecular complexity index is 136. The molecule has 0 N–H and O–H groups in total. The van der Waals surface area contributed by atoms with E-state index < -0.39 is 0 Å². The maximum atomic E-state index is 5.64. The Morgan fingerprint density at radius 2 is 2.36 bits per heavy atom. The van der Waals surface area contributed by atoms with E-state index in [1.165, 1.54) is 25.0 Å². The Kier molecular flexibility index (Phi) is 4.16. The molecule has 1 heterocycles. The Morgan fingerprint density at radius 1 is 1.55 bits per heavy atom. The highest BCUT2D eigenvalue weighted by Gasteiger charge is 2.16. The van der Waals surface area contributed by atoms with Gasteiger partial charge in [0.2, 0.25) is 0 Å². The maximum absolute atomic E-state index is 5.64. The summed E-state index contributed by atoms with van der Waals surface area (Å²) in [5.41, 5.74) is 0.569. The smallest absolute Gasteiger partial charge is 0.0979 e. The fourth-order valence-electron chi connectivity index (χ4n) is 1.41. The lowest BCUT2D eigenvalue weighted by molar-refractivity contribution is 0.173. The van der Waals surface area contributed by atoms with Gasteiger partial charge in [-0.1, -0.05) is 19.2 Å². The molecule has 1 aliphatic rings. The van der Waals surface area contributed by atoms with Crippen molar-refractivity contribution >= 4 is 15.9 Å². The molecule has 11 heavy (non-hydrogen) atoms. The van der Waals surface area contributed by atoms with Crippen LogP contribution in [0.3, 0.4) is 0 Å². The van der Waals surface area contributed by atoms with E-state index in [-0.39, 0.29) is 0 Å². The average Bonchev–Trinajstić information content (AvgIpc) is 2.52. The van der Waals surface area contributed by atoms with E-state index in [9.17, 15) is 0 Å². The Hall–Kier alpha value is 0.180. The molecular weight excluding hydrogens is 156 g/mol. The van der Waals surface area contributed by atoms with Crippen molar-refractivity contribution in [2.45, 2.75) is 38.5 Å². The van der Waals surface area contributed by atoms with Crippen LogP contribution in [0.15, 0.2) is 0 Å². The molecule has 0 aromatic rings. The molecule has 0 saturated carbocycles. The van der Waals surface area contributed by atoms with E-state index in [2.05, 4.69) is 19.2 Å². The third-order valence-corrected chi connectivity index (χ3v) is 4.41. The van der Waals surface area contributed by atoms with Gasteiger partial charge in [-0.2, -0.15) is 10.5 Å². The maximum Gasteiger partial charge on any atom is 0.0979 e. The summed E-state index contributed by atoms with van der Waals surface area (Å²) in [5, 5.41) is 2.43. The highest BCUT2D eigenvalue weighted by molar-refractivity contribution is 8.15. The molecule has 66 valence electrons. The van der Waals surface area contributed by atoms with Gasteiger partial charge in [-0.25, -0.2) is 0 Å². The van der Waals surface area contributed by atoms with Crippen molar-refractivity contribution in [1.82, 2.24) is 0 Å². The summed E-state index contributed by atoms with van der Waals surface area (Å²) >= 11 is 0. The van der Waals surface area contributed by atoms with Crippen LogP contribution in [0.25, 0.3) is 0 Å². The Morgan fingerprint density at radius 3 is 2.82 bits per heavy atom. The number of hydrogen-bond donors (Lipinski definition) is 0. The van der Waals surface area contributed by atoms with Gasteiger partial charge in [-0.3, -0.25) is 0 Å². The third kappa shape index (κ3) is 2.60. The van der Waals surface area contributed by atoms with Crippen LogP contribution < -0.4 is 0 Å². The van der Waals surface area contributed by atoms with Crippen LogP contribution in [0.5, 0.6) is 0 Å². The van der Waals surface area contributed by atoms with Crippen molar-refractivity contribution in [3.63, 3.8) is 0 Å². The SMILES string of the molecule is CCC=S(CC)C1CCCO1. The zero-order valence-corrected chi connectivity index (χ0v) is 8.32. The predicted molar refractivity (Wildman–Crippen MR) is 53.5 cm³/mol. The quantitative estimate of drug-likeness (QED) is 0.598. The topological polar surface area (TPSA) is 9.23 Å². The molecule has 0 amide bonds. The van der Waals surface area contributed by atoms with E-state index in [0.717, 1.165) is 6.61 Å². The molecule has 0 aliphatic carbocycles. The molecule has 1 fully saturated rings. The summed E-state index contributed by atoms with van der Waals surface area (Å²) < 4.78 is 5.64. The number of rotatable bonds is 3. The Balaban J connectivity index is 2.46. The van der Waals surface area contributed by atoms with Crippen LogP contribution in [-0.4, -0.2) is 23.2 Å². The Labute approximate surface area is 72.1 Å². The van der Waals surface area contributed by atoms with Gasteiger partial charge in [-0.05, 0) is 25.0 Å². The fraction of sp³-hybridized carbons (Fsp3) is 0.889. The molecule has 2 unspecified atom stereocenters. The predicted octanol–water partition coefficient (Wildman–Crippen LogP) is 2.62. The molecule has 0 bridgehead atoms. The van der Waals surface area contributed by atoms with E-state index in [1.54, 1.807) is 0 Å². The van der Waals surface area contributed by atoms with E-state index in [1.807, 2.05) is 0 Å². The van der Waals surface area contributed by atoms with Crippen LogP contribution in [0.2, 0.25) is 0 Å². The first-order valence-electron chi connectivity index (χ1n) is 4.52. The zero-order chi connectivity index (χ0) is 8.10. The third-order valence-electron chi connectivity index (χ3n) is 1.94. The lowest BCUT2D eigenvalue weighted by Gasteiger charge is -2.13. The van der Waals surface area contributed by atoms with Crippen molar-refractivity contribution in [3.05, 3.63) is 0 Å². The second kappa shape index (κ2) is 4.94. The van der Waals surface area contributed by atoms with Gasteiger partial charge in [0.25, 0.3) is 0 Å². The van der Waals surface area contributed by atoms with Crippen molar-refractivity contribution < 1.29 is 4.74 Å². The molecule has 0 spiro atoms. The van der Waals surface area contributed by atoms with E-state index in [0.29, 0.717) is 15.9 Å². The monoisotopic (exact) mass is 174 g/mol. The van der Waals surface area contributed by atoms with E-state index in [4.69, 9.17) is 4.74 Å². The van der Waals surface area contributed by atoms with Crippen LogP contribution >= 0.6 is 10.5 Å². The minimum absolute atomic E-state index is 0.446. The van der Waals surface area contributed by atoms with Gasteiger partial charge in [0, 0.05) is 6.61 Å². The average molecular weight is 174 g/mol. The second-order valence-corrected chi connectivity index (χ2v) is 5.15. The van der Waals surface area contributed by atoms with Crippen molar-refractivity contribution in [2.24, 2.45) is 0 Å². The van der Waals surface area contributed by atoms with Gasteiger partial charge in [0.05, 0.1) is 5.44 Å². The van der Waals surface area contributed by atoms with Crippen LogP contribution in [-0.2, 0) is 4.74 Å². The van der Waals surface area contributed by atoms with Crippen molar-refractivity contribution in [2.75, 3.05) is 12.4 Å². The van der Waals surface area contributed by atoms with Gasteiger partial charge in [0.15, 0.2) is 0 Å². The molecule has 1 saturated heterocycles. The summed E-state index contributed by atoms with van der Waals surface area (Å²) in [6, 6.07) is 0. The van der Waals surface area contributed by atoms with Gasteiger partial charge in [-0.15, -0.1) is 0 Å². The molecular formula is C9H18OS. The first-order chi connectivity index (χ1) is 5.38. The van der Waals surface area contributed by atoms with Crippen LogP contribution in [0.1, 0.15) is 33.1 Å². The van der Waals surface area contributed by atoms with Gasteiger partial charge < -0.3 is 4.74 Å². The highest BCUT2D eigenvalue weighted by atomic mass is 32.2. The fourth-order valence-corrected chi connectivity index (χ4v) is 3.40. The highest BCUT2D eigenvalue weighted by Crippen LogP contribution is 2.29. The number of hydrogen-bond acceptors (Lipinski definition) is 1. The number of ether oxygens (including phenoxy) is 1. The van der Waals surface area contributed by atoms with Gasteiger partial charge >= 0.3 is 0 Å². The molecule has 2 heteroatoms. The molecule has 0 radical (unpaired) electrons. The molecule has 0 aromatic heterocycles. The first-order valence-corrected chi connectivity index (χ1v) is 6.04. The van der Waals surface area contributed by atoms with Crippen LogP contribution in [0, 0.1) is 0 Å². The zero-order valence-electron chi connectivity index (χ0n) is 7.51. The summed E-state index contributed by atoms with van der Waals surface area (Å²) in [4.78, 5) is 0. The summed E-state index contributed by atoms with van der Waals surface area (Å²) in [6.45, 7) is 5.47. The van der Waals surface area contributed by atoms with Crippen LogP contribution in [0.4, 0.5) is 0 Å². The molecule has 2 atom stereocenters. The lowest BCUT2D eigenvalue weighted by atomic mass is 10.4. The first kappa shape index (κ1) is 9.27. The van der Waals surface area contributed by atoms with Crippen molar-refractivity contribution in [3.8, 4) is 0 Å². The minimum Gasteiger partial charge on any atom is -0.368 e. The largest absolute Gasteiger partial charge is 0.368 e. The second-order valence-electron chi connectivity index (χ2n) is 2.78. The molecule has 1 aliphatic heterocycles. The van der Waals surface area contributed by atoms with E-state index >= 15 is 0 Å². The summed E-state index contributed by atoms with van der Waals surface area (Å²) in [7, 11) is 0.446. The lowest BCUT2D eigenvalue weighted by Crippen LogP contribution is -2.03. The molecule has 0 aromatic carbocycles. The normalized spacial score (nSPS) is 27.6. The summed E-state index contributed by atoms with van der Waals surface area (Å²) in [5.74, 6) is 1.26. The molecule has 1 rings (SSSR count). The standard InChI is InChI=1S/C9H18OS/c1-3-8-11(4-2)9-6-5-7-10-9/h8-9H,3-7H2,1-2H3. The van der Waals surface area contributed by atoms with Crippen molar-refractivity contribution in [1.29, 1.82) is 0 Å².